The lowest BCUT2D eigenvalue weighted by Crippen LogP contribution is -2.46. The van der Waals surface area contributed by atoms with Crippen molar-refractivity contribution in [1.82, 2.24) is 14.7 Å². The predicted molar refractivity (Wildman–Crippen MR) is 82.9 cm³/mol. The Morgan fingerprint density at radius 2 is 2.24 bits per heavy atom. The molecule has 2 aromatic heterocycles. The Bertz CT molecular complexity index is 739. The molecule has 0 radical (unpaired) electrons. The molecule has 0 saturated carbocycles. The van der Waals surface area contributed by atoms with Gasteiger partial charge in [0.05, 0.1) is 5.69 Å². The third-order valence-corrected chi connectivity index (χ3v) is 4.86. The van der Waals surface area contributed by atoms with E-state index in [9.17, 15) is 4.79 Å². The number of hydrogen-bond donors (Lipinski definition) is 1. The minimum atomic E-state index is 0.0579. The lowest BCUT2D eigenvalue weighted by Gasteiger charge is -2.36. The largest absolute Gasteiger partial charge is 0.365 e. The first kappa shape index (κ1) is 12.8. The Morgan fingerprint density at radius 3 is 3.14 bits per heavy atom. The van der Waals surface area contributed by atoms with Crippen molar-refractivity contribution < 1.29 is 0 Å². The number of aromatic nitrogens is 2. The van der Waals surface area contributed by atoms with E-state index >= 15 is 0 Å². The Labute approximate surface area is 123 Å². The summed E-state index contributed by atoms with van der Waals surface area (Å²) in [6.07, 6.45) is 4.13. The van der Waals surface area contributed by atoms with E-state index in [-0.39, 0.29) is 5.56 Å². The van der Waals surface area contributed by atoms with Gasteiger partial charge in [-0.25, -0.2) is 4.98 Å². The zero-order chi connectivity index (χ0) is 14.4. The first-order valence-electron chi connectivity index (χ1n) is 7.70. The number of pyridine rings is 1. The van der Waals surface area contributed by atoms with Crippen LogP contribution in [-0.4, -0.2) is 35.1 Å². The van der Waals surface area contributed by atoms with Gasteiger partial charge in [0, 0.05) is 25.3 Å². The number of fused-ring (bicyclic) bond motifs is 2. The topological polar surface area (TPSA) is 49.6 Å². The summed E-state index contributed by atoms with van der Waals surface area (Å²) < 4.78 is 1.65. The smallest absolute Gasteiger partial charge is 0.281 e. The van der Waals surface area contributed by atoms with Crippen molar-refractivity contribution in [2.45, 2.75) is 25.8 Å². The van der Waals surface area contributed by atoms with Crippen molar-refractivity contribution in [3.05, 3.63) is 40.4 Å². The number of aryl methyl sites for hydroxylation is 1. The Morgan fingerprint density at radius 1 is 1.33 bits per heavy atom. The van der Waals surface area contributed by atoms with Crippen LogP contribution >= 0.6 is 0 Å². The quantitative estimate of drug-likeness (QED) is 0.854. The third kappa shape index (κ3) is 2.03. The summed E-state index contributed by atoms with van der Waals surface area (Å²) in [6, 6.07) is 6.31. The van der Waals surface area contributed by atoms with Crippen LogP contribution < -0.4 is 15.8 Å². The van der Waals surface area contributed by atoms with Gasteiger partial charge in [0.2, 0.25) is 0 Å². The molecule has 2 atom stereocenters. The number of rotatable bonds is 1. The molecule has 4 rings (SSSR count). The highest BCUT2D eigenvalue weighted by Crippen LogP contribution is 2.27. The molecule has 2 fully saturated rings. The number of hydrogen-bond acceptors (Lipinski definition) is 4. The van der Waals surface area contributed by atoms with E-state index in [1.807, 2.05) is 25.1 Å². The van der Waals surface area contributed by atoms with Crippen LogP contribution in [0.25, 0.3) is 5.65 Å². The van der Waals surface area contributed by atoms with Crippen LogP contribution in [0, 0.1) is 12.8 Å². The van der Waals surface area contributed by atoms with E-state index in [1.165, 1.54) is 6.42 Å². The average molecular weight is 284 g/mol. The Kier molecular flexibility index (Phi) is 2.96. The molecule has 5 heteroatoms. The highest BCUT2D eigenvalue weighted by atomic mass is 16.1. The van der Waals surface area contributed by atoms with E-state index in [2.05, 4.69) is 15.2 Å². The molecule has 0 spiro atoms. The second kappa shape index (κ2) is 4.84. The van der Waals surface area contributed by atoms with Gasteiger partial charge in [0.25, 0.3) is 5.56 Å². The first-order valence-corrected chi connectivity index (χ1v) is 7.70. The van der Waals surface area contributed by atoms with Crippen LogP contribution in [0.15, 0.2) is 29.2 Å². The fraction of sp³-hybridized carbons (Fsp3) is 0.500. The minimum Gasteiger partial charge on any atom is -0.365 e. The van der Waals surface area contributed by atoms with Crippen LogP contribution in [0.1, 0.15) is 18.5 Å². The molecule has 2 saturated heterocycles. The normalized spacial score (nSPS) is 25.3. The second-order valence-electron chi connectivity index (χ2n) is 6.12. The van der Waals surface area contributed by atoms with Crippen LogP contribution in [0.3, 0.4) is 0 Å². The zero-order valence-electron chi connectivity index (χ0n) is 12.2. The second-order valence-corrected chi connectivity index (χ2v) is 6.12. The van der Waals surface area contributed by atoms with Crippen molar-refractivity contribution >= 4 is 11.3 Å². The number of anilines is 1. The summed E-state index contributed by atoms with van der Waals surface area (Å²) >= 11 is 0. The SMILES string of the molecule is Cc1nc2ccccn2c(=O)c1N1CCC2NCCC2C1. The fourth-order valence-corrected chi connectivity index (χ4v) is 3.81. The van der Waals surface area contributed by atoms with Gasteiger partial charge in [0.15, 0.2) is 0 Å². The molecule has 21 heavy (non-hydrogen) atoms. The zero-order valence-corrected chi connectivity index (χ0v) is 12.2. The molecule has 0 aliphatic carbocycles. The monoisotopic (exact) mass is 284 g/mol. The molecule has 1 N–H and O–H groups in total. The molecule has 5 nitrogen and oxygen atoms in total. The van der Waals surface area contributed by atoms with Gasteiger partial charge in [0.1, 0.15) is 11.3 Å². The van der Waals surface area contributed by atoms with Crippen LogP contribution in [0.5, 0.6) is 0 Å². The van der Waals surface area contributed by atoms with Crippen molar-refractivity contribution in [3.8, 4) is 0 Å². The third-order valence-electron chi connectivity index (χ3n) is 4.86. The van der Waals surface area contributed by atoms with Gasteiger partial charge >= 0.3 is 0 Å². The minimum absolute atomic E-state index is 0.0579. The molecule has 2 aromatic rings. The number of nitrogens with zero attached hydrogens (tertiary/aromatic N) is 3. The van der Waals surface area contributed by atoms with Gasteiger partial charge in [-0.2, -0.15) is 0 Å². The highest BCUT2D eigenvalue weighted by Gasteiger charge is 2.34. The molecule has 2 unspecified atom stereocenters. The molecule has 0 bridgehead atoms. The molecule has 110 valence electrons. The molecular weight excluding hydrogens is 264 g/mol. The summed E-state index contributed by atoms with van der Waals surface area (Å²) in [5, 5.41) is 3.56. The molecular formula is C16H20N4O. The van der Waals surface area contributed by atoms with E-state index in [0.29, 0.717) is 12.0 Å². The molecule has 0 amide bonds. The van der Waals surface area contributed by atoms with Crippen molar-refractivity contribution in [2.75, 3.05) is 24.5 Å². The first-order chi connectivity index (χ1) is 10.2. The van der Waals surface area contributed by atoms with Gasteiger partial charge in [-0.15, -0.1) is 0 Å². The van der Waals surface area contributed by atoms with Crippen molar-refractivity contribution in [2.24, 2.45) is 5.92 Å². The average Bonchev–Trinajstić information content (AvgIpc) is 2.95. The van der Waals surface area contributed by atoms with Crippen LogP contribution in [0.4, 0.5) is 5.69 Å². The van der Waals surface area contributed by atoms with Crippen LogP contribution in [0.2, 0.25) is 0 Å². The summed E-state index contributed by atoms with van der Waals surface area (Å²) in [6.45, 7) is 4.96. The summed E-state index contributed by atoms with van der Waals surface area (Å²) in [4.78, 5) is 19.7. The maximum atomic E-state index is 12.8. The van der Waals surface area contributed by atoms with E-state index in [0.717, 1.165) is 43.1 Å². The number of nitrogens with one attached hydrogen (secondary N) is 1. The van der Waals surface area contributed by atoms with Crippen LogP contribution in [-0.2, 0) is 0 Å². The Hall–Kier alpha value is -1.88. The van der Waals surface area contributed by atoms with E-state index < -0.39 is 0 Å². The molecule has 2 aliphatic rings. The molecule has 0 aromatic carbocycles. The lowest BCUT2D eigenvalue weighted by atomic mass is 9.93. The van der Waals surface area contributed by atoms with Crippen molar-refractivity contribution in [1.29, 1.82) is 0 Å². The van der Waals surface area contributed by atoms with Crippen molar-refractivity contribution in [3.63, 3.8) is 0 Å². The van der Waals surface area contributed by atoms with Gasteiger partial charge in [-0.05, 0) is 44.4 Å². The summed E-state index contributed by atoms with van der Waals surface area (Å²) in [5.41, 5.74) is 2.41. The van der Waals surface area contributed by atoms with E-state index in [4.69, 9.17) is 0 Å². The lowest BCUT2D eigenvalue weighted by molar-refractivity contribution is 0.375. The molecule has 2 aliphatic heterocycles. The van der Waals surface area contributed by atoms with Gasteiger partial charge < -0.3 is 10.2 Å². The van der Waals surface area contributed by atoms with E-state index in [1.54, 1.807) is 10.6 Å². The predicted octanol–water partition coefficient (Wildman–Crippen LogP) is 1.19. The number of piperidine rings is 1. The van der Waals surface area contributed by atoms with Gasteiger partial charge in [-0.3, -0.25) is 9.20 Å². The molecule has 4 heterocycles. The fourth-order valence-electron chi connectivity index (χ4n) is 3.81. The standard InChI is InChI=1S/C16H20N4O/c1-11-15(16(21)20-8-3-2-4-14(20)18-11)19-9-6-13-12(10-19)5-7-17-13/h2-4,8,12-13,17H,5-7,9-10H2,1H3. The Balaban J connectivity index is 1.78. The highest BCUT2D eigenvalue weighted by molar-refractivity contribution is 5.54. The maximum Gasteiger partial charge on any atom is 0.281 e. The van der Waals surface area contributed by atoms with Gasteiger partial charge in [-0.1, -0.05) is 6.07 Å². The summed E-state index contributed by atoms with van der Waals surface area (Å²) in [7, 11) is 0. The summed E-state index contributed by atoms with van der Waals surface area (Å²) in [5.74, 6) is 0.661. The maximum absolute atomic E-state index is 12.8.